The quantitative estimate of drug-likeness (QED) is 0.667. The first-order chi connectivity index (χ1) is 14.7. The van der Waals surface area contributed by atoms with E-state index in [1.54, 1.807) is 0 Å². The third-order valence-corrected chi connectivity index (χ3v) is 5.74. The van der Waals surface area contributed by atoms with Crippen molar-refractivity contribution in [3.8, 4) is 0 Å². The molecule has 2 amide bonds. The number of benzene rings is 1. The van der Waals surface area contributed by atoms with Gasteiger partial charge in [-0.3, -0.25) is 14.5 Å². The number of hydrogen-bond acceptors (Lipinski definition) is 7. The van der Waals surface area contributed by atoms with Gasteiger partial charge >= 0.3 is 11.8 Å². The van der Waals surface area contributed by atoms with Crippen molar-refractivity contribution in [3.05, 3.63) is 24.3 Å². The van der Waals surface area contributed by atoms with E-state index in [-0.39, 0.29) is 0 Å². The monoisotopic (exact) mass is 415 g/mol. The van der Waals surface area contributed by atoms with Crippen LogP contribution in [0.4, 0.5) is 6.01 Å². The van der Waals surface area contributed by atoms with E-state index in [9.17, 15) is 9.59 Å². The van der Waals surface area contributed by atoms with Crippen LogP contribution in [0.5, 0.6) is 0 Å². The molecule has 4 rings (SSSR count). The van der Waals surface area contributed by atoms with Crippen LogP contribution in [0.25, 0.3) is 11.1 Å². The first kappa shape index (κ1) is 20.6. The van der Waals surface area contributed by atoms with Crippen molar-refractivity contribution in [2.45, 2.75) is 12.8 Å². The van der Waals surface area contributed by atoms with Crippen molar-refractivity contribution in [1.29, 1.82) is 0 Å². The fourth-order valence-corrected chi connectivity index (χ4v) is 3.87. The molecule has 0 aliphatic carbocycles. The van der Waals surface area contributed by atoms with Gasteiger partial charge in [-0.1, -0.05) is 12.1 Å². The number of morpholine rings is 1. The molecular weight excluding hydrogens is 386 g/mol. The summed E-state index contributed by atoms with van der Waals surface area (Å²) in [6, 6.07) is 8.39. The van der Waals surface area contributed by atoms with Gasteiger partial charge in [-0.15, -0.1) is 0 Å². The maximum Gasteiger partial charge on any atom is 0.309 e. The molecule has 2 aromatic rings. The molecule has 2 N–H and O–H groups in total. The Kier molecular flexibility index (Phi) is 6.81. The summed E-state index contributed by atoms with van der Waals surface area (Å²) in [5.41, 5.74) is 1.66. The summed E-state index contributed by atoms with van der Waals surface area (Å²) in [7, 11) is 0. The number of ether oxygens (including phenoxy) is 1. The van der Waals surface area contributed by atoms with Crippen LogP contribution in [0, 0.1) is 5.92 Å². The Morgan fingerprint density at radius 3 is 2.53 bits per heavy atom. The summed E-state index contributed by atoms with van der Waals surface area (Å²) in [6.07, 6.45) is 1.83. The minimum absolute atomic E-state index is 0.343. The number of fused-ring (bicyclic) bond motifs is 1. The second-order valence-electron chi connectivity index (χ2n) is 7.81. The number of piperidine rings is 1. The van der Waals surface area contributed by atoms with Crippen LogP contribution >= 0.6 is 0 Å². The lowest BCUT2D eigenvalue weighted by atomic mass is 9.97. The number of nitrogens with one attached hydrogen (secondary N) is 2. The molecule has 2 aliphatic heterocycles. The minimum Gasteiger partial charge on any atom is -0.423 e. The molecule has 2 aliphatic rings. The predicted octanol–water partition coefficient (Wildman–Crippen LogP) is 0.609. The molecule has 0 unspecified atom stereocenters. The molecule has 0 bridgehead atoms. The fraction of sp³-hybridized carbons (Fsp3) is 0.571. The molecular formula is C21H29N5O4. The zero-order chi connectivity index (χ0) is 20.8. The van der Waals surface area contributed by atoms with Gasteiger partial charge in [0.1, 0.15) is 5.52 Å². The number of oxazole rings is 1. The smallest absolute Gasteiger partial charge is 0.309 e. The van der Waals surface area contributed by atoms with E-state index in [1.807, 2.05) is 24.3 Å². The average Bonchev–Trinajstić information content (AvgIpc) is 3.23. The molecule has 0 atom stereocenters. The molecule has 2 saturated heterocycles. The number of para-hydroxylation sites is 2. The van der Waals surface area contributed by atoms with Crippen LogP contribution in [0.1, 0.15) is 12.8 Å². The Morgan fingerprint density at radius 1 is 1.03 bits per heavy atom. The second-order valence-corrected chi connectivity index (χ2v) is 7.81. The maximum absolute atomic E-state index is 12.1. The van der Waals surface area contributed by atoms with E-state index in [0.29, 0.717) is 25.0 Å². The number of anilines is 1. The number of carbonyl (C=O) groups is 2. The highest BCUT2D eigenvalue weighted by Gasteiger charge is 2.24. The summed E-state index contributed by atoms with van der Waals surface area (Å²) in [4.78, 5) is 32.9. The minimum atomic E-state index is -0.563. The molecule has 9 heteroatoms. The van der Waals surface area contributed by atoms with Crippen LogP contribution in [-0.2, 0) is 14.3 Å². The highest BCUT2D eigenvalue weighted by atomic mass is 16.5. The summed E-state index contributed by atoms with van der Waals surface area (Å²) in [5, 5.41) is 5.47. The van der Waals surface area contributed by atoms with E-state index in [4.69, 9.17) is 9.15 Å². The lowest BCUT2D eigenvalue weighted by Crippen LogP contribution is -2.46. The van der Waals surface area contributed by atoms with E-state index < -0.39 is 11.8 Å². The molecule has 9 nitrogen and oxygen atoms in total. The van der Waals surface area contributed by atoms with Crippen molar-refractivity contribution < 1.29 is 18.7 Å². The number of rotatable bonds is 6. The van der Waals surface area contributed by atoms with Gasteiger partial charge in [0.2, 0.25) is 0 Å². The molecule has 0 radical (unpaired) electrons. The standard InChI is InChI=1S/C21H29N5O4/c27-19(22-7-10-25-11-13-29-14-12-25)20(28)23-15-16-5-8-26(9-6-16)21-24-17-3-1-2-4-18(17)30-21/h1-4,16H,5-15H2,(H,22,27)(H,23,28). The molecule has 1 aromatic carbocycles. The van der Waals surface area contributed by atoms with Crippen molar-refractivity contribution >= 4 is 28.9 Å². The van der Waals surface area contributed by atoms with Crippen LogP contribution in [0.2, 0.25) is 0 Å². The van der Waals surface area contributed by atoms with Gasteiger partial charge in [0.25, 0.3) is 6.01 Å². The van der Waals surface area contributed by atoms with Crippen molar-refractivity contribution in [2.75, 3.05) is 63.9 Å². The molecule has 0 saturated carbocycles. The van der Waals surface area contributed by atoms with Gasteiger partial charge in [0.15, 0.2) is 5.58 Å². The van der Waals surface area contributed by atoms with Gasteiger partial charge in [-0.05, 0) is 30.9 Å². The zero-order valence-electron chi connectivity index (χ0n) is 17.1. The largest absolute Gasteiger partial charge is 0.423 e. The Morgan fingerprint density at radius 2 is 1.77 bits per heavy atom. The lowest BCUT2D eigenvalue weighted by molar-refractivity contribution is -0.139. The average molecular weight is 415 g/mol. The number of nitrogens with zero attached hydrogens (tertiary/aromatic N) is 3. The Hall–Kier alpha value is -2.65. The first-order valence-electron chi connectivity index (χ1n) is 10.7. The van der Waals surface area contributed by atoms with E-state index >= 15 is 0 Å². The molecule has 3 heterocycles. The maximum atomic E-state index is 12.1. The molecule has 2 fully saturated rings. The van der Waals surface area contributed by atoms with Crippen LogP contribution in [0.3, 0.4) is 0 Å². The van der Waals surface area contributed by atoms with Gasteiger partial charge in [0.05, 0.1) is 13.2 Å². The zero-order valence-corrected chi connectivity index (χ0v) is 17.1. The number of carbonyl (C=O) groups excluding carboxylic acids is 2. The highest BCUT2D eigenvalue weighted by molar-refractivity contribution is 6.35. The number of aromatic nitrogens is 1. The third-order valence-electron chi connectivity index (χ3n) is 5.74. The van der Waals surface area contributed by atoms with E-state index in [0.717, 1.165) is 69.9 Å². The molecule has 0 spiro atoms. The molecule has 30 heavy (non-hydrogen) atoms. The Bertz CT molecular complexity index is 823. The summed E-state index contributed by atoms with van der Waals surface area (Å²) in [6.45, 7) is 6.52. The Balaban J connectivity index is 1.14. The van der Waals surface area contributed by atoms with Crippen LogP contribution in [-0.4, -0.2) is 80.7 Å². The topological polar surface area (TPSA) is 99.9 Å². The van der Waals surface area contributed by atoms with Crippen LogP contribution < -0.4 is 15.5 Å². The lowest BCUT2D eigenvalue weighted by Gasteiger charge is -2.30. The van der Waals surface area contributed by atoms with Crippen molar-refractivity contribution in [3.63, 3.8) is 0 Å². The number of hydrogen-bond donors (Lipinski definition) is 2. The van der Waals surface area contributed by atoms with Crippen molar-refractivity contribution in [1.82, 2.24) is 20.5 Å². The summed E-state index contributed by atoms with van der Waals surface area (Å²) >= 11 is 0. The molecule has 162 valence electrons. The molecule has 1 aromatic heterocycles. The van der Waals surface area contributed by atoms with Gasteiger partial charge in [0, 0.05) is 45.8 Å². The van der Waals surface area contributed by atoms with Gasteiger partial charge in [-0.25, -0.2) is 0 Å². The van der Waals surface area contributed by atoms with Gasteiger partial charge < -0.3 is 24.7 Å². The third kappa shape index (κ3) is 5.28. The second kappa shape index (κ2) is 9.90. The van der Waals surface area contributed by atoms with E-state index in [2.05, 4.69) is 25.4 Å². The number of amides is 2. The Labute approximate surface area is 175 Å². The highest BCUT2D eigenvalue weighted by Crippen LogP contribution is 2.26. The SMILES string of the molecule is O=C(NCCN1CCOCC1)C(=O)NCC1CCN(c2nc3ccccc3o2)CC1. The summed E-state index contributed by atoms with van der Waals surface area (Å²) in [5.74, 6) is -0.777. The fourth-order valence-electron chi connectivity index (χ4n) is 3.87. The summed E-state index contributed by atoms with van der Waals surface area (Å²) < 4.78 is 11.1. The normalized spacial score (nSPS) is 18.5. The first-order valence-corrected chi connectivity index (χ1v) is 10.7. The van der Waals surface area contributed by atoms with Crippen molar-refractivity contribution in [2.24, 2.45) is 5.92 Å². The van der Waals surface area contributed by atoms with E-state index in [1.165, 1.54) is 0 Å². The van der Waals surface area contributed by atoms with Crippen LogP contribution in [0.15, 0.2) is 28.7 Å². The van der Waals surface area contributed by atoms with Gasteiger partial charge in [-0.2, -0.15) is 4.98 Å². The predicted molar refractivity (Wildman–Crippen MR) is 112 cm³/mol.